The molecule has 146 valence electrons. The van der Waals surface area contributed by atoms with Gasteiger partial charge >= 0.3 is 0 Å². The Morgan fingerprint density at radius 1 is 1.04 bits per heavy atom. The number of carbonyl (C=O) groups is 2. The van der Waals surface area contributed by atoms with Crippen LogP contribution < -0.4 is 10.6 Å². The first kappa shape index (κ1) is 18.6. The molecule has 5 nitrogen and oxygen atoms in total. The topological polar surface area (TPSA) is 67.4 Å². The number of ether oxygens (including phenoxy) is 1. The van der Waals surface area contributed by atoms with Gasteiger partial charge in [0.05, 0.1) is 5.41 Å². The predicted molar refractivity (Wildman–Crippen MR) is 104 cm³/mol. The Morgan fingerprint density at radius 3 is 2.43 bits per heavy atom. The first-order valence-electron chi connectivity index (χ1n) is 9.63. The van der Waals surface area contributed by atoms with Crippen molar-refractivity contribution in [1.82, 2.24) is 5.32 Å². The van der Waals surface area contributed by atoms with Crippen molar-refractivity contribution in [2.24, 2.45) is 0 Å². The number of hydrogen-bond acceptors (Lipinski definition) is 3. The maximum absolute atomic E-state index is 13.4. The van der Waals surface area contributed by atoms with Crippen LogP contribution in [0.3, 0.4) is 0 Å². The molecule has 1 aliphatic heterocycles. The number of anilines is 1. The molecular weight excluding hydrogens is 359 g/mol. The van der Waals surface area contributed by atoms with E-state index in [0.717, 1.165) is 18.4 Å². The zero-order chi connectivity index (χ0) is 19.6. The number of nitrogens with one attached hydrogen (secondary N) is 2. The number of benzene rings is 2. The summed E-state index contributed by atoms with van der Waals surface area (Å²) in [6.45, 7) is 0.934. The summed E-state index contributed by atoms with van der Waals surface area (Å²) in [5.74, 6) is -0.624. The highest BCUT2D eigenvalue weighted by Gasteiger charge is 2.41. The fourth-order valence-electron chi connectivity index (χ4n) is 3.62. The van der Waals surface area contributed by atoms with Crippen molar-refractivity contribution in [2.45, 2.75) is 37.1 Å². The summed E-state index contributed by atoms with van der Waals surface area (Å²) in [4.78, 5) is 25.6. The van der Waals surface area contributed by atoms with E-state index in [2.05, 4.69) is 10.6 Å². The van der Waals surface area contributed by atoms with E-state index in [1.807, 2.05) is 0 Å². The molecule has 2 amide bonds. The average molecular weight is 382 g/mol. The molecule has 0 atom stereocenters. The summed E-state index contributed by atoms with van der Waals surface area (Å²) in [5.41, 5.74) is 1.09. The Morgan fingerprint density at radius 2 is 1.75 bits per heavy atom. The van der Waals surface area contributed by atoms with E-state index in [9.17, 15) is 14.0 Å². The summed E-state index contributed by atoms with van der Waals surface area (Å²) in [5, 5.41) is 5.91. The van der Waals surface area contributed by atoms with E-state index >= 15 is 0 Å². The SMILES string of the molecule is O=C(NC1CC1)c1cccc(NC(=O)C2(c3ccc(F)cc3)CCOCC2)c1. The smallest absolute Gasteiger partial charge is 0.251 e. The van der Waals surface area contributed by atoms with Crippen molar-refractivity contribution >= 4 is 17.5 Å². The number of hydrogen-bond donors (Lipinski definition) is 2. The van der Waals surface area contributed by atoms with Crippen molar-refractivity contribution in [3.63, 3.8) is 0 Å². The van der Waals surface area contributed by atoms with Gasteiger partial charge in [-0.05, 0) is 61.6 Å². The average Bonchev–Trinajstić information content (AvgIpc) is 3.53. The summed E-state index contributed by atoms with van der Waals surface area (Å²) in [7, 11) is 0. The molecule has 2 N–H and O–H groups in total. The van der Waals surface area contributed by atoms with Crippen LogP contribution in [0.2, 0.25) is 0 Å². The Labute approximate surface area is 163 Å². The van der Waals surface area contributed by atoms with Gasteiger partial charge in [0.1, 0.15) is 5.82 Å². The Hall–Kier alpha value is -2.73. The molecule has 1 saturated heterocycles. The van der Waals surface area contributed by atoms with E-state index < -0.39 is 5.41 Å². The number of rotatable bonds is 5. The molecule has 1 saturated carbocycles. The number of amides is 2. The minimum atomic E-state index is -0.780. The lowest BCUT2D eigenvalue weighted by atomic mass is 9.73. The molecule has 0 unspecified atom stereocenters. The fraction of sp³-hybridized carbons (Fsp3) is 0.364. The lowest BCUT2D eigenvalue weighted by Gasteiger charge is -2.36. The first-order chi connectivity index (χ1) is 13.6. The van der Waals surface area contributed by atoms with Gasteiger partial charge < -0.3 is 15.4 Å². The standard InChI is InChI=1S/C22H23FN2O3/c23-17-6-4-16(5-7-17)22(10-12-28-13-11-22)21(27)25-19-3-1-2-15(14-19)20(26)24-18-8-9-18/h1-7,14,18H,8-13H2,(H,24,26)(H,25,27). The minimum Gasteiger partial charge on any atom is -0.381 e. The summed E-state index contributed by atoms with van der Waals surface area (Å²) >= 11 is 0. The molecular formula is C22H23FN2O3. The van der Waals surface area contributed by atoms with Crippen LogP contribution >= 0.6 is 0 Å². The molecule has 4 rings (SSSR count). The summed E-state index contributed by atoms with van der Waals surface area (Å²) < 4.78 is 18.8. The van der Waals surface area contributed by atoms with Crippen molar-refractivity contribution < 1.29 is 18.7 Å². The highest BCUT2D eigenvalue weighted by molar-refractivity contribution is 6.01. The third kappa shape index (κ3) is 3.92. The van der Waals surface area contributed by atoms with Gasteiger partial charge in [-0.15, -0.1) is 0 Å². The van der Waals surface area contributed by atoms with Crippen LogP contribution in [0, 0.1) is 5.82 Å². The lowest BCUT2D eigenvalue weighted by Crippen LogP contribution is -2.44. The molecule has 2 aliphatic rings. The van der Waals surface area contributed by atoms with Gasteiger partial charge in [0.2, 0.25) is 5.91 Å². The van der Waals surface area contributed by atoms with Gasteiger partial charge in [-0.3, -0.25) is 9.59 Å². The monoisotopic (exact) mass is 382 g/mol. The minimum absolute atomic E-state index is 0.127. The molecule has 2 aromatic carbocycles. The summed E-state index contributed by atoms with van der Waals surface area (Å²) in [6, 6.07) is 13.3. The molecule has 2 fully saturated rings. The van der Waals surface area contributed by atoms with Crippen molar-refractivity contribution in [3.05, 3.63) is 65.5 Å². The van der Waals surface area contributed by atoms with Crippen molar-refractivity contribution in [1.29, 1.82) is 0 Å². The molecule has 6 heteroatoms. The molecule has 1 heterocycles. The van der Waals surface area contributed by atoms with Crippen LogP contribution in [-0.4, -0.2) is 31.1 Å². The maximum Gasteiger partial charge on any atom is 0.251 e. The van der Waals surface area contributed by atoms with Gasteiger partial charge in [-0.2, -0.15) is 0 Å². The maximum atomic E-state index is 13.4. The van der Waals surface area contributed by atoms with Gasteiger partial charge in [0.25, 0.3) is 5.91 Å². The molecule has 0 radical (unpaired) electrons. The largest absolute Gasteiger partial charge is 0.381 e. The Balaban J connectivity index is 1.56. The second-order valence-corrected chi connectivity index (χ2v) is 7.48. The van der Waals surface area contributed by atoms with E-state index in [4.69, 9.17) is 4.74 Å². The second-order valence-electron chi connectivity index (χ2n) is 7.48. The van der Waals surface area contributed by atoms with E-state index in [-0.39, 0.29) is 23.7 Å². The number of carbonyl (C=O) groups excluding carboxylic acids is 2. The molecule has 1 aliphatic carbocycles. The van der Waals surface area contributed by atoms with E-state index in [1.165, 1.54) is 12.1 Å². The van der Waals surface area contributed by atoms with Crippen LogP contribution in [0.1, 0.15) is 41.6 Å². The van der Waals surface area contributed by atoms with Gasteiger partial charge in [-0.25, -0.2) is 4.39 Å². The highest BCUT2D eigenvalue weighted by atomic mass is 19.1. The van der Waals surface area contributed by atoms with Gasteiger partial charge in [0.15, 0.2) is 0 Å². The van der Waals surface area contributed by atoms with Crippen LogP contribution in [0.15, 0.2) is 48.5 Å². The normalized spacial score (nSPS) is 18.3. The zero-order valence-corrected chi connectivity index (χ0v) is 15.5. The lowest BCUT2D eigenvalue weighted by molar-refractivity contribution is -0.125. The van der Waals surface area contributed by atoms with Crippen LogP contribution in [0.5, 0.6) is 0 Å². The first-order valence-corrected chi connectivity index (χ1v) is 9.63. The van der Waals surface area contributed by atoms with Gasteiger partial charge in [0, 0.05) is 30.5 Å². The Kier molecular flexibility index (Phi) is 5.13. The fourth-order valence-corrected chi connectivity index (χ4v) is 3.62. The quantitative estimate of drug-likeness (QED) is 0.833. The van der Waals surface area contributed by atoms with Crippen LogP contribution in [0.25, 0.3) is 0 Å². The Bertz CT molecular complexity index is 872. The molecule has 2 aromatic rings. The molecule has 28 heavy (non-hydrogen) atoms. The van der Waals surface area contributed by atoms with Crippen LogP contribution in [0.4, 0.5) is 10.1 Å². The third-order valence-corrected chi connectivity index (χ3v) is 5.47. The van der Waals surface area contributed by atoms with Crippen molar-refractivity contribution in [2.75, 3.05) is 18.5 Å². The number of halogens is 1. The van der Waals surface area contributed by atoms with E-state index in [1.54, 1.807) is 36.4 Å². The molecule has 0 spiro atoms. The van der Waals surface area contributed by atoms with Gasteiger partial charge in [-0.1, -0.05) is 18.2 Å². The highest BCUT2D eigenvalue weighted by Crippen LogP contribution is 2.36. The van der Waals surface area contributed by atoms with Crippen molar-refractivity contribution in [3.8, 4) is 0 Å². The second kappa shape index (κ2) is 7.72. The van der Waals surface area contributed by atoms with E-state index in [0.29, 0.717) is 37.3 Å². The molecule has 0 bridgehead atoms. The zero-order valence-electron chi connectivity index (χ0n) is 15.5. The molecule has 0 aromatic heterocycles. The van der Waals surface area contributed by atoms with Crippen LogP contribution in [-0.2, 0) is 14.9 Å². The third-order valence-electron chi connectivity index (χ3n) is 5.47. The predicted octanol–water partition coefficient (Wildman–Crippen LogP) is 3.40. The summed E-state index contributed by atoms with van der Waals surface area (Å²) in [6.07, 6.45) is 3.08.